The molecule has 0 saturated heterocycles. The molecular formula is C11H21N3O. The summed E-state index contributed by atoms with van der Waals surface area (Å²) in [6.07, 6.45) is 0.589. The fourth-order valence-corrected chi connectivity index (χ4v) is 2.00. The Morgan fingerprint density at radius 3 is 2.40 bits per heavy atom. The van der Waals surface area contributed by atoms with Crippen LogP contribution < -0.4 is 5.73 Å². The Labute approximate surface area is 91.1 Å². The van der Waals surface area contributed by atoms with E-state index in [-0.39, 0.29) is 12.6 Å². The van der Waals surface area contributed by atoms with E-state index in [1.54, 1.807) is 0 Å². The van der Waals surface area contributed by atoms with Gasteiger partial charge < -0.3 is 10.8 Å². The van der Waals surface area contributed by atoms with E-state index in [1.165, 1.54) is 0 Å². The van der Waals surface area contributed by atoms with Crippen molar-refractivity contribution >= 4 is 0 Å². The lowest BCUT2D eigenvalue weighted by Crippen LogP contribution is -2.14. The highest BCUT2D eigenvalue weighted by Crippen LogP contribution is 2.24. The van der Waals surface area contributed by atoms with E-state index in [1.807, 2.05) is 18.5 Å². The van der Waals surface area contributed by atoms with E-state index in [0.29, 0.717) is 12.5 Å². The summed E-state index contributed by atoms with van der Waals surface area (Å²) in [4.78, 5) is 0. The molecule has 15 heavy (non-hydrogen) atoms. The molecule has 0 aliphatic rings. The third-order valence-electron chi connectivity index (χ3n) is 2.68. The van der Waals surface area contributed by atoms with Gasteiger partial charge in [-0.2, -0.15) is 5.10 Å². The average Bonchev–Trinajstić information content (AvgIpc) is 2.42. The molecule has 4 heteroatoms. The van der Waals surface area contributed by atoms with Crippen molar-refractivity contribution in [3.05, 3.63) is 17.0 Å². The fraction of sp³-hybridized carbons (Fsp3) is 0.727. The molecule has 0 amide bonds. The van der Waals surface area contributed by atoms with Gasteiger partial charge in [-0.15, -0.1) is 0 Å². The standard InChI is InChI=1S/C11H21N3O/c1-7(2)14-9(4)11(8(3)13-14)10(12)5-6-15/h7,10,15H,5-6,12H2,1-4H3. The maximum atomic E-state index is 8.89. The van der Waals surface area contributed by atoms with Gasteiger partial charge in [0.1, 0.15) is 0 Å². The van der Waals surface area contributed by atoms with Crippen molar-refractivity contribution in [2.24, 2.45) is 5.73 Å². The SMILES string of the molecule is Cc1nn(C(C)C)c(C)c1C(N)CCO. The molecule has 0 radical (unpaired) electrons. The van der Waals surface area contributed by atoms with Gasteiger partial charge >= 0.3 is 0 Å². The van der Waals surface area contributed by atoms with Crippen LogP contribution in [0.25, 0.3) is 0 Å². The third-order valence-corrected chi connectivity index (χ3v) is 2.68. The second-order valence-electron chi connectivity index (χ2n) is 4.24. The number of hydrogen-bond donors (Lipinski definition) is 2. The van der Waals surface area contributed by atoms with Gasteiger partial charge in [-0.1, -0.05) is 0 Å². The number of nitrogens with two attached hydrogens (primary N) is 1. The first kappa shape index (κ1) is 12.2. The summed E-state index contributed by atoms with van der Waals surface area (Å²) in [7, 11) is 0. The summed E-state index contributed by atoms with van der Waals surface area (Å²) in [6.45, 7) is 8.32. The zero-order chi connectivity index (χ0) is 11.6. The van der Waals surface area contributed by atoms with E-state index in [9.17, 15) is 0 Å². The summed E-state index contributed by atoms with van der Waals surface area (Å²) in [5, 5.41) is 13.4. The van der Waals surface area contributed by atoms with Crippen LogP contribution in [-0.2, 0) is 0 Å². The van der Waals surface area contributed by atoms with Gasteiger partial charge in [0.25, 0.3) is 0 Å². The second-order valence-corrected chi connectivity index (χ2v) is 4.24. The maximum Gasteiger partial charge on any atom is 0.0644 e. The molecule has 0 aliphatic heterocycles. The summed E-state index contributed by atoms with van der Waals surface area (Å²) in [5.41, 5.74) is 9.18. The lowest BCUT2D eigenvalue weighted by Gasteiger charge is -2.12. The lowest BCUT2D eigenvalue weighted by molar-refractivity contribution is 0.276. The van der Waals surface area contributed by atoms with Crippen LogP contribution in [0.2, 0.25) is 0 Å². The van der Waals surface area contributed by atoms with Crippen LogP contribution in [-0.4, -0.2) is 21.5 Å². The molecule has 0 saturated carbocycles. The highest BCUT2D eigenvalue weighted by atomic mass is 16.3. The normalized spacial score (nSPS) is 13.5. The minimum Gasteiger partial charge on any atom is -0.396 e. The molecule has 1 rings (SSSR count). The maximum absolute atomic E-state index is 8.89. The summed E-state index contributed by atoms with van der Waals surface area (Å²) in [6, 6.07) is 0.237. The molecule has 0 spiro atoms. The smallest absolute Gasteiger partial charge is 0.0644 e. The van der Waals surface area contributed by atoms with Gasteiger partial charge in [0.05, 0.1) is 5.69 Å². The molecule has 0 fully saturated rings. The Hall–Kier alpha value is -0.870. The van der Waals surface area contributed by atoms with Crippen LogP contribution in [0.3, 0.4) is 0 Å². The van der Waals surface area contributed by atoms with Crippen molar-refractivity contribution in [3.8, 4) is 0 Å². The van der Waals surface area contributed by atoms with Crippen LogP contribution in [0.15, 0.2) is 0 Å². The molecule has 4 nitrogen and oxygen atoms in total. The number of aromatic nitrogens is 2. The van der Waals surface area contributed by atoms with Crippen molar-refractivity contribution in [3.63, 3.8) is 0 Å². The number of aryl methyl sites for hydroxylation is 1. The van der Waals surface area contributed by atoms with Gasteiger partial charge in [-0.3, -0.25) is 4.68 Å². The van der Waals surface area contributed by atoms with Crippen molar-refractivity contribution in [1.82, 2.24) is 9.78 Å². The monoisotopic (exact) mass is 211 g/mol. The van der Waals surface area contributed by atoms with Crippen molar-refractivity contribution in [2.45, 2.75) is 46.2 Å². The van der Waals surface area contributed by atoms with Gasteiger partial charge in [0, 0.05) is 29.9 Å². The first-order chi connectivity index (χ1) is 6.99. The summed E-state index contributed by atoms with van der Waals surface area (Å²) >= 11 is 0. The van der Waals surface area contributed by atoms with Gasteiger partial charge in [-0.25, -0.2) is 0 Å². The van der Waals surface area contributed by atoms with Crippen molar-refractivity contribution in [1.29, 1.82) is 0 Å². The number of aliphatic hydroxyl groups excluding tert-OH is 1. The Morgan fingerprint density at radius 1 is 1.40 bits per heavy atom. The molecule has 1 atom stereocenters. The van der Waals surface area contributed by atoms with E-state index in [4.69, 9.17) is 10.8 Å². The molecular weight excluding hydrogens is 190 g/mol. The van der Waals surface area contributed by atoms with Gasteiger partial charge in [-0.05, 0) is 34.1 Å². The van der Waals surface area contributed by atoms with E-state index < -0.39 is 0 Å². The Balaban J connectivity index is 3.07. The number of nitrogens with zero attached hydrogens (tertiary/aromatic N) is 2. The highest BCUT2D eigenvalue weighted by molar-refractivity contribution is 5.28. The second kappa shape index (κ2) is 4.77. The zero-order valence-corrected chi connectivity index (χ0v) is 9.99. The molecule has 1 heterocycles. The number of hydrogen-bond acceptors (Lipinski definition) is 3. The van der Waals surface area contributed by atoms with Crippen LogP contribution in [0.4, 0.5) is 0 Å². The molecule has 0 aromatic carbocycles. The van der Waals surface area contributed by atoms with E-state index >= 15 is 0 Å². The molecule has 3 N–H and O–H groups in total. The largest absolute Gasteiger partial charge is 0.396 e. The zero-order valence-electron chi connectivity index (χ0n) is 9.99. The van der Waals surface area contributed by atoms with E-state index in [2.05, 4.69) is 18.9 Å². The predicted molar refractivity (Wildman–Crippen MR) is 60.7 cm³/mol. The van der Waals surface area contributed by atoms with E-state index in [0.717, 1.165) is 17.0 Å². The summed E-state index contributed by atoms with van der Waals surface area (Å²) < 4.78 is 1.99. The fourth-order valence-electron chi connectivity index (χ4n) is 2.00. The van der Waals surface area contributed by atoms with Crippen LogP contribution in [0, 0.1) is 13.8 Å². The first-order valence-electron chi connectivity index (χ1n) is 5.41. The molecule has 0 aliphatic carbocycles. The van der Waals surface area contributed by atoms with Crippen LogP contribution in [0.5, 0.6) is 0 Å². The molecule has 0 bridgehead atoms. The van der Waals surface area contributed by atoms with Crippen LogP contribution in [0.1, 0.15) is 49.3 Å². The van der Waals surface area contributed by atoms with Crippen molar-refractivity contribution < 1.29 is 5.11 Å². The number of rotatable bonds is 4. The topological polar surface area (TPSA) is 64.1 Å². The Morgan fingerprint density at radius 2 is 2.00 bits per heavy atom. The number of aliphatic hydroxyl groups is 1. The quantitative estimate of drug-likeness (QED) is 0.792. The molecule has 1 aromatic heterocycles. The third kappa shape index (κ3) is 2.38. The molecule has 1 aromatic rings. The van der Waals surface area contributed by atoms with Gasteiger partial charge in [0.2, 0.25) is 0 Å². The molecule has 1 unspecified atom stereocenters. The minimum absolute atomic E-state index is 0.109. The molecule has 86 valence electrons. The first-order valence-corrected chi connectivity index (χ1v) is 5.41. The minimum atomic E-state index is -0.109. The lowest BCUT2D eigenvalue weighted by atomic mass is 10.0. The highest BCUT2D eigenvalue weighted by Gasteiger charge is 2.18. The Bertz CT molecular complexity index is 331. The average molecular weight is 211 g/mol. The van der Waals surface area contributed by atoms with Crippen LogP contribution >= 0.6 is 0 Å². The summed E-state index contributed by atoms with van der Waals surface area (Å²) in [5.74, 6) is 0. The Kier molecular flexibility index (Phi) is 3.88. The predicted octanol–water partition coefficient (Wildman–Crippen LogP) is 1.46. The van der Waals surface area contributed by atoms with Crippen molar-refractivity contribution in [2.75, 3.05) is 6.61 Å². The van der Waals surface area contributed by atoms with Gasteiger partial charge in [0.15, 0.2) is 0 Å².